The van der Waals surface area contributed by atoms with E-state index in [4.69, 9.17) is 48.7 Å². The van der Waals surface area contributed by atoms with E-state index in [0.717, 1.165) is 19.4 Å². The average Bonchev–Trinajstić information content (AvgIpc) is 2.82. The summed E-state index contributed by atoms with van der Waals surface area (Å²) in [6.45, 7) is 11.5. The molecule has 7 nitrogen and oxygen atoms in total. The second-order valence-corrected chi connectivity index (χ2v) is 7.87. The van der Waals surface area contributed by atoms with E-state index in [1.165, 1.54) is 13.3 Å². The molecule has 0 radical (unpaired) electrons. The molecule has 3 rings (SSSR count). The molecule has 0 aliphatic heterocycles. The fraction of sp³-hybridized carbons (Fsp3) is 0.333. The van der Waals surface area contributed by atoms with E-state index in [1.54, 1.807) is 31.4 Å². The fourth-order valence-electron chi connectivity index (χ4n) is 3.18. The van der Waals surface area contributed by atoms with Crippen LogP contribution in [-0.2, 0) is 4.74 Å². The van der Waals surface area contributed by atoms with Crippen LogP contribution in [0.3, 0.4) is 0 Å². The van der Waals surface area contributed by atoms with Gasteiger partial charge in [0.1, 0.15) is 5.75 Å². The van der Waals surface area contributed by atoms with E-state index >= 15 is 0 Å². The number of rotatable bonds is 11. The number of methoxy groups -OCH3 is 2. The van der Waals surface area contributed by atoms with Gasteiger partial charge in [0.05, 0.1) is 54.3 Å². The SMILES string of the molecule is [C-]#[N+]c1cnc2cc(OCCCOCCC)c(OC)cc2c1Nc1cc(OC)c(Cl)cc1Cl. The predicted octanol–water partition coefficient (Wildman–Crippen LogP) is 7.05. The summed E-state index contributed by atoms with van der Waals surface area (Å²) in [5.41, 5.74) is 2.05. The molecule has 0 fully saturated rings. The molecular weight excluding hydrogens is 465 g/mol. The zero-order valence-corrected chi connectivity index (χ0v) is 20.2. The topological polar surface area (TPSA) is 66.2 Å². The number of ether oxygens (including phenoxy) is 4. The van der Waals surface area contributed by atoms with Gasteiger partial charge in [-0.25, -0.2) is 4.85 Å². The van der Waals surface area contributed by atoms with Crippen molar-refractivity contribution < 1.29 is 18.9 Å². The number of anilines is 2. The fourth-order valence-corrected chi connectivity index (χ4v) is 3.69. The maximum absolute atomic E-state index is 7.59. The quantitative estimate of drug-likeness (QED) is 0.230. The lowest BCUT2D eigenvalue weighted by Crippen LogP contribution is -2.05. The van der Waals surface area contributed by atoms with Crippen molar-refractivity contribution in [2.75, 3.05) is 39.4 Å². The van der Waals surface area contributed by atoms with E-state index in [1.807, 2.05) is 0 Å². The third-order valence-electron chi connectivity index (χ3n) is 4.79. The van der Waals surface area contributed by atoms with Crippen molar-refractivity contribution >= 4 is 51.2 Å². The molecule has 0 atom stereocenters. The van der Waals surface area contributed by atoms with E-state index < -0.39 is 0 Å². The molecule has 0 amide bonds. The molecule has 1 N–H and O–H groups in total. The normalized spacial score (nSPS) is 10.7. The number of nitrogens with one attached hydrogen (secondary N) is 1. The van der Waals surface area contributed by atoms with Crippen LogP contribution in [0.4, 0.5) is 17.1 Å². The Morgan fingerprint density at radius 3 is 2.45 bits per heavy atom. The number of pyridine rings is 1. The molecule has 0 spiro atoms. The smallest absolute Gasteiger partial charge is 0.228 e. The van der Waals surface area contributed by atoms with Gasteiger partial charge in [0, 0.05) is 43.4 Å². The van der Waals surface area contributed by atoms with Gasteiger partial charge in [-0.3, -0.25) is 4.98 Å². The highest BCUT2D eigenvalue weighted by molar-refractivity contribution is 6.37. The standard InChI is InChI=1S/C24H25Cl2N3O4/c1-5-7-32-8-6-9-33-23-12-18-15(10-22(23)31-4)24(20(27-2)14-28-18)29-19-13-21(30-3)17(26)11-16(19)25/h10-14H,5-9H2,1,3-4H3,(H,28,29). The Balaban J connectivity index is 1.96. The maximum Gasteiger partial charge on any atom is 0.228 e. The first-order chi connectivity index (χ1) is 16.0. The number of nitrogens with zero attached hydrogens (tertiary/aromatic N) is 2. The van der Waals surface area contributed by atoms with Crippen LogP contribution in [0.15, 0.2) is 30.5 Å². The second kappa shape index (κ2) is 11.8. The van der Waals surface area contributed by atoms with E-state index in [0.29, 0.717) is 68.5 Å². The third-order valence-corrected chi connectivity index (χ3v) is 5.40. The Kier molecular flexibility index (Phi) is 8.84. The molecule has 174 valence electrons. The van der Waals surface area contributed by atoms with Gasteiger partial charge in [-0.2, -0.15) is 0 Å². The maximum atomic E-state index is 7.59. The minimum Gasteiger partial charge on any atom is -0.495 e. The summed E-state index contributed by atoms with van der Waals surface area (Å²) < 4.78 is 22.3. The number of fused-ring (bicyclic) bond motifs is 1. The zero-order chi connectivity index (χ0) is 23.8. The molecule has 0 aliphatic carbocycles. The first kappa shape index (κ1) is 24.7. The molecule has 0 unspecified atom stereocenters. The van der Waals surface area contributed by atoms with Gasteiger partial charge in [-0.1, -0.05) is 30.1 Å². The molecule has 33 heavy (non-hydrogen) atoms. The van der Waals surface area contributed by atoms with Gasteiger partial charge in [-0.15, -0.1) is 0 Å². The van der Waals surface area contributed by atoms with Crippen molar-refractivity contribution in [3.05, 3.63) is 51.9 Å². The van der Waals surface area contributed by atoms with Crippen molar-refractivity contribution in [3.8, 4) is 17.2 Å². The second-order valence-electron chi connectivity index (χ2n) is 7.06. The number of hydrogen-bond acceptors (Lipinski definition) is 6. The van der Waals surface area contributed by atoms with Crippen LogP contribution in [0.2, 0.25) is 10.0 Å². The largest absolute Gasteiger partial charge is 0.495 e. The van der Waals surface area contributed by atoms with Gasteiger partial charge < -0.3 is 24.3 Å². The Labute approximate surface area is 203 Å². The van der Waals surface area contributed by atoms with Gasteiger partial charge in [0.2, 0.25) is 5.69 Å². The molecule has 3 aromatic rings. The zero-order valence-electron chi connectivity index (χ0n) is 18.7. The molecule has 0 aliphatic rings. The summed E-state index contributed by atoms with van der Waals surface area (Å²) in [5, 5.41) is 4.70. The third kappa shape index (κ3) is 5.91. The highest BCUT2D eigenvalue weighted by Crippen LogP contribution is 2.42. The lowest BCUT2D eigenvalue weighted by molar-refractivity contribution is 0.119. The van der Waals surface area contributed by atoms with Crippen molar-refractivity contribution in [2.24, 2.45) is 0 Å². The van der Waals surface area contributed by atoms with Gasteiger partial charge in [0.15, 0.2) is 11.5 Å². The summed E-state index contributed by atoms with van der Waals surface area (Å²) in [7, 11) is 3.09. The summed E-state index contributed by atoms with van der Waals surface area (Å²) in [6, 6.07) is 6.86. The Morgan fingerprint density at radius 2 is 1.76 bits per heavy atom. The summed E-state index contributed by atoms with van der Waals surface area (Å²) in [4.78, 5) is 8.04. The molecule has 0 saturated heterocycles. The summed E-state index contributed by atoms with van der Waals surface area (Å²) in [5.74, 6) is 1.56. The summed E-state index contributed by atoms with van der Waals surface area (Å²) in [6.07, 6.45) is 3.25. The van der Waals surface area contributed by atoms with Crippen LogP contribution in [0.5, 0.6) is 17.2 Å². The lowest BCUT2D eigenvalue weighted by Gasteiger charge is -2.17. The Bertz CT molecular complexity index is 1160. The number of aromatic nitrogens is 1. The number of hydrogen-bond donors (Lipinski definition) is 1. The van der Waals surface area contributed by atoms with Crippen LogP contribution in [0.25, 0.3) is 15.7 Å². The van der Waals surface area contributed by atoms with Crippen molar-refractivity contribution in [1.29, 1.82) is 0 Å². The van der Waals surface area contributed by atoms with E-state index in [-0.39, 0.29) is 0 Å². The highest BCUT2D eigenvalue weighted by atomic mass is 35.5. The van der Waals surface area contributed by atoms with Crippen LogP contribution >= 0.6 is 23.2 Å². The number of halogens is 2. The van der Waals surface area contributed by atoms with Crippen molar-refractivity contribution in [2.45, 2.75) is 19.8 Å². The van der Waals surface area contributed by atoms with Crippen molar-refractivity contribution in [1.82, 2.24) is 4.98 Å². The van der Waals surface area contributed by atoms with Gasteiger partial charge in [-0.05, 0) is 18.6 Å². The molecular formula is C24H25Cl2N3O4. The van der Waals surface area contributed by atoms with E-state index in [9.17, 15) is 0 Å². The average molecular weight is 490 g/mol. The van der Waals surface area contributed by atoms with E-state index in [2.05, 4.69) is 22.1 Å². The molecule has 2 aromatic carbocycles. The lowest BCUT2D eigenvalue weighted by atomic mass is 10.1. The van der Waals surface area contributed by atoms with Crippen LogP contribution in [0.1, 0.15) is 19.8 Å². The minimum absolute atomic E-state index is 0.330. The van der Waals surface area contributed by atoms with Gasteiger partial charge >= 0.3 is 0 Å². The Morgan fingerprint density at radius 1 is 0.970 bits per heavy atom. The minimum atomic E-state index is 0.330. The van der Waals surface area contributed by atoms with Crippen molar-refractivity contribution in [3.63, 3.8) is 0 Å². The monoisotopic (exact) mass is 489 g/mol. The van der Waals surface area contributed by atoms with Crippen LogP contribution < -0.4 is 19.5 Å². The molecule has 0 bridgehead atoms. The molecule has 9 heteroatoms. The van der Waals surface area contributed by atoms with Crippen LogP contribution in [-0.4, -0.2) is 39.0 Å². The molecule has 1 aromatic heterocycles. The summed E-state index contributed by atoms with van der Waals surface area (Å²) >= 11 is 12.5. The molecule has 1 heterocycles. The molecule has 0 saturated carbocycles. The highest BCUT2D eigenvalue weighted by Gasteiger charge is 2.16. The Hall–Kier alpha value is -2.92. The number of benzene rings is 2. The van der Waals surface area contributed by atoms with Crippen LogP contribution in [0, 0.1) is 6.57 Å². The first-order valence-electron chi connectivity index (χ1n) is 10.4. The first-order valence-corrected chi connectivity index (χ1v) is 11.2. The predicted molar refractivity (Wildman–Crippen MR) is 132 cm³/mol. The van der Waals surface area contributed by atoms with Gasteiger partial charge in [0.25, 0.3) is 0 Å².